The van der Waals surface area contributed by atoms with Crippen LogP contribution in [0.15, 0.2) is 58.3 Å². The highest BCUT2D eigenvalue weighted by atomic mass is 32.2. The molecule has 0 amide bonds. The van der Waals surface area contributed by atoms with Gasteiger partial charge in [-0.25, -0.2) is 0 Å². The molecular weight excluding hydrogens is 432 g/mol. The summed E-state index contributed by atoms with van der Waals surface area (Å²) in [7, 11) is -5.00. The zero-order valence-corrected chi connectivity index (χ0v) is 18.3. The third-order valence-corrected chi connectivity index (χ3v) is 7.55. The number of hydrogen-bond donors (Lipinski definition) is 0. The van der Waals surface area contributed by atoms with Crippen molar-refractivity contribution in [1.29, 1.82) is 0 Å². The van der Waals surface area contributed by atoms with Crippen LogP contribution in [0, 0.1) is 0 Å². The van der Waals surface area contributed by atoms with Crippen molar-refractivity contribution in [2.75, 3.05) is 14.2 Å². The van der Waals surface area contributed by atoms with Gasteiger partial charge in [0.1, 0.15) is 11.5 Å². The SMILES string of the molecule is COc1ccc(S(=O)(=O)OC2CCCC(OS(=O)(=O)c3ccc(OC)cc3)C2)cc1. The molecule has 0 spiro atoms. The van der Waals surface area contributed by atoms with E-state index in [0.717, 1.165) is 0 Å². The van der Waals surface area contributed by atoms with Crippen LogP contribution in [0.1, 0.15) is 25.7 Å². The van der Waals surface area contributed by atoms with E-state index in [4.69, 9.17) is 17.8 Å². The van der Waals surface area contributed by atoms with E-state index in [9.17, 15) is 16.8 Å². The smallest absolute Gasteiger partial charge is 0.297 e. The molecule has 30 heavy (non-hydrogen) atoms. The average molecular weight is 457 g/mol. The van der Waals surface area contributed by atoms with Gasteiger partial charge in [0.05, 0.1) is 36.2 Å². The van der Waals surface area contributed by atoms with Crippen molar-refractivity contribution >= 4 is 20.2 Å². The van der Waals surface area contributed by atoms with E-state index >= 15 is 0 Å². The van der Waals surface area contributed by atoms with Crippen LogP contribution in [-0.4, -0.2) is 43.3 Å². The second kappa shape index (κ2) is 9.34. The van der Waals surface area contributed by atoms with Gasteiger partial charge in [0.25, 0.3) is 20.2 Å². The molecule has 0 heterocycles. The molecule has 0 saturated heterocycles. The van der Waals surface area contributed by atoms with Crippen molar-refractivity contribution in [3.8, 4) is 11.5 Å². The molecule has 0 N–H and O–H groups in total. The lowest BCUT2D eigenvalue weighted by molar-refractivity contribution is 0.0759. The molecular formula is C20H24O8S2. The Morgan fingerprint density at radius 2 is 1.03 bits per heavy atom. The molecule has 2 aromatic rings. The summed E-state index contributed by atoms with van der Waals surface area (Å²) in [5.41, 5.74) is 0. The predicted octanol–water partition coefficient (Wildman–Crippen LogP) is 3.13. The van der Waals surface area contributed by atoms with Crippen LogP contribution in [-0.2, 0) is 28.6 Å². The number of rotatable bonds is 8. The Kier molecular flexibility index (Phi) is 7.02. The standard InChI is InChI=1S/C20H24O8S2/c1-25-15-6-10-19(11-7-15)29(21,22)27-17-4-3-5-18(14-17)28-30(23,24)20-12-8-16(26-2)9-13-20/h6-13,17-18H,3-5,14H2,1-2H3. The molecule has 8 nitrogen and oxygen atoms in total. The second-order valence-corrected chi connectivity index (χ2v) is 10.0. The molecule has 10 heteroatoms. The van der Waals surface area contributed by atoms with Crippen LogP contribution >= 0.6 is 0 Å². The van der Waals surface area contributed by atoms with E-state index in [1.807, 2.05) is 0 Å². The topological polar surface area (TPSA) is 105 Å². The first-order valence-corrected chi connectivity index (χ1v) is 12.2. The summed E-state index contributed by atoms with van der Waals surface area (Å²) in [4.78, 5) is 0.0226. The fourth-order valence-electron chi connectivity index (χ4n) is 3.23. The second-order valence-electron chi connectivity index (χ2n) is 6.86. The monoisotopic (exact) mass is 456 g/mol. The van der Waals surface area contributed by atoms with Crippen molar-refractivity contribution in [2.24, 2.45) is 0 Å². The Labute approximate surface area is 177 Å². The summed E-state index contributed by atoms with van der Waals surface area (Å²) < 4.78 is 70.9. The van der Waals surface area contributed by atoms with Gasteiger partial charge >= 0.3 is 0 Å². The zero-order valence-electron chi connectivity index (χ0n) is 16.7. The van der Waals surface area contributed by atoms with Crippen molar-refractivity contribution in [1.82, 2.24) is 0 Å². The lowest BCUT2D eigenvalue weighted by atomic mass is 9.95. The van der Waals surface area contributed by atoms with Gasteiger partial charge in [-0.1, -0.05) is 0 Å². The van der Waals surface area contributed by atoms with Crippen LogP contribution in [0.25, 0.3) is 0 Å². The zero-order chi connectivity index (χ0) is 21.8. The number of methoxy groups -OCH3 is 2. The summed E-state index contributed by atoms with van der Waals surface area (Å²) in [6.45, 7) is 0. The Morgan fingerprint density at radius 3 is 1.37 bits per heavy atom. The largest absolute Gasteiger partial charge is 0.497 e. The summed E-state index contributed by atoms with van der Waals surface area (Å²) in [5, 5.41) is 0. The summed E-state index contributed by atoms with van der Waals surface area (Å²) in [6, 6.07) is 11.7. The molecule has 1 aliphatic rings. The third-order valence-electron chi connectivity index (χ3n) is 4.80. The molecule has 0 radical (unpaired) electrons. The van der Waals surface area contributed by atoms with Crippen LogP contribution < -0.4 is 9.47 Å². The minimum atomic E-state index is -3.99. The molecule has 1 aliphatic carbocycles. The van der Waals surface area contributed by atoms with Gasteiger partial charge in [0, 0.05) is 6.42 Å². The van der Waals surface area contributed by atoms with E-state index in [0.29, 0.717) is 30.8 Å². The lowest BCUT2D eigenvalue weighted by Gasteiger charge is -2.28. The van der Waals surface area contributed by atoms with Crippen LogP contribution in [0.3, 0.4) is 0 Å². The van der Waals surface area contributed by atoms with Crippen molar-refractivity contribution in [3.05, 3.63) is 48.5 Å². The maximum absolute atomic E-state index is 12.5. The molecule has 0 aliphatic heterocycles. The number of ether oxygens (including phenoxy) is 2. The molecule has 3 rings (SSSR count). The van der Waals surface area contributed by atoms with Gasteiger partial charge in [-0.15, -0.1) is 0 Å². The Bertz CT molecular complexity index is 959. The van der Waals surface area contributed by atoms with Crippen molar-refractivity contribution in [3.63, 3.8) is 0 Å². The molecule has 164 valence electrons. The van der Waals surface area contributed by atoms with Crippen molar-refractivity contribution in [2.45, 2.75) is 47.7 Å². The Balaban J connectivity index is 1.65. The van der Waals surface area contributed by atoms with E-state index < -0.39 is 32.4 Å². The van der Waals surface area contributed by atoms with Gasteiger partial charge in [-0.3, -0.25) is 8.37 Å². The predicted molar refractivity (Wildman–Crippen MR) is 109 cm³/mol. The van der Waals surface area contributed by atoms with Gasteiger partial charge in [-0.2, -0.15) is 16.8 Å². The van der Waals surface area contributed by atoms with Crippen LogP contribution in [0.5, 0.6) is 11.5 Å². The van der Waals surface area contributed by atoms with E-state index in [1.54, 1.807) is 0 Å². The first kappa shape index (κ1) is 22.5. The Morgan fingerprint density at radius 1 is 0.667 bits per heavy atom. The van der Waals surface area contributed by atoms with Gasteiger partial charge in [0.2, 0.25) is 0 Å². The molecule has 2 aromatic carbocycles. The molecule has 0 aromatic heterocycles. The van der Waals surface area contributed by atoms with E-state index in [2.05, 4.69) is 0 Å². The Hall–Kier alpha value is -2.14. The van der Waals surface area contributed by atoms with Gasteiger partial charge < -0.3 is 9.47 Å². The normalized spacial score (nSPS) is 19.9. The average Bonchev–Trinajstić information content (AvgIpc) is 2.73. The minimum Gasteiger partial charge on any atom is -0.497 e. The lowest BCUT2D eigenvalue weighted by Crippen LogP contribution is -2.31. The van der Waals surface area contributed by atoms with Crippen LogP contribution in [0.2, 0.25) is 0 Å². The highest BCUT2D eigenvalue weighted by Gasteiger charge is 2.31. The first-order chi connectivity index (χ1) is 14.2. The third kappa shape index (κ3) is 5.51. The highest BCUT2D eigenvalue weighted by Crippen LogP contribution is 2.30. The molecule has 2 atom stereocenters. The maximum Gasteiger partial charge on any atom is 0.297 e. The first-order valence-electron chi connectivity index (χ1n) is 9.38. The van der Waals surface area contributed by atoms with E-state index in [1.165, 1.54) is 62.8 Å². The molecule has 1 saturated carbocycles. The fraction of sp³-hybridized carbons (Fsp3) is 0.400. The number of hydrogen-bond acceptors (Lipinski definition) is 8. The van der Waals surface area contributed by atoms with Gasteiger partial charge in [0.15, 0.2) is 0 Å². The van der Waals surface area contributed by atoms with Crippen LogP contribution in [0.4, 0.5) is 0 Å². The van der Waals surface area contributed by atoms with E-state index in [-0.39, 0.29) is 16.2 Å². The van der Waals surface area contributed by atoms with Crippen molar-refractivity contribution < 1.29 is 34.7 Å². The minimum absolute atomic E-state index is 0.0113. The quantitative estimate of drug-likeness (QED) is 0.558. The molecule has 1 fully saturated rings. The molecule has 0 bridgehead atoms. The summed E-state index contributed by atoms with van der Waals surface area (Å²) >= 11 is 0. The highest BCUT2D eigenvalue weighted by molar-refractivity contribution is 7.87. The fourth-order valence-corrected chi connectivity index (χ4v) is 5.46. The maximum atomic E-state index is 12.5. The summed E-state index contributed by atoms with van der Waals surface area (Å²) in [5.74, 6) is 1.06. The number of benzene rings is 2. The summed E-state index contributed by atoms with van der Waals surface area (Å²) in [6.07, 6.45) is 0.412. The molecule has 2 unspecified atom stereocenters. The van der Waals surface area contributed by atoms with Gasteiger partial charge in [-0.05, 0) is 67.8 Å².